The van der Waals surface area contributed by atoms with Crippen molar-refractivity contribution in [1.29, 1.82) is 0 Å². The van der Waals surface area contributed by atoms with Gasteiger partial charge in [-0.3, -0.25) is 4.90 Å². The minimum Gasteiger partial charge on any atom is -0.497 e. The minimum atomic E-state index is -2.20. The first-order chi connectivity index (χ1) is 10.0. The van der Waals surface area contributed by atoms with Crippen LogP contribution < -0.4 is 4.74 Å². The van der Waals surface area contributed by atoms with E-state index < -0.39 is 17.6 Å². The quantitative estimate of drug-likeness (QED) is 0.926. The minimum absolute atomic E-state index is 0.0102. The standard InChI is InChI=1S/C16H20FNO3/c1-21-13-7-5-11(6-8-13)14-9-18(12-3-2-4-12)10-16(14,17)15(19)20/h5-8,12,14H,2-4,9-10H2,1H3,(H,19,20)/t14-,16-/m0/s1. The molecule has 3 rings (SSSR count). The molecule has 0 amide bonds. The molecule has 2 fully saturated rings. The summed E-state index contributed by atoms with van der Waals surface area (Å²) in [6.07, 6.45) is 3.25. The van der Waals surface area contributed by atoms with Gasteiger partial charge in [0.1, 0.15) is 5.75 Å². The number of halogens is 1. The van der Waals surface area contributed by atoms with Crippen molar-refractivity contribution >= 4 is 5.97 Å². The number of hydrogen-bond acceptors (Lipinski definition) is 3. The van der Waals surface area contributed by atoms with Gasteiger partial charge in [-0.2, -0.15) is 0 Å². The second-order valence-electron chi connectivity index (χ2n) is 6.01. The van der Waals surface area contributed by atoms with Crippen LogP contribution in [0.15, 0.2) is 24.3 Å². The number of methoxy groups -OCH3 is 1. The number of benzene rings is 1. The Morgan fingerprint density at radius 2 is 2.05 bits per heavy atom. The molecule has 2 aliphatic rings. The van der Waals surface area contributed by atoms with Gasteiger partial charge in [0.2, 0.25) is 5.67 Å². The summed E-state index contributed by atoms with van der Waals surface area (Å²) in [6, 6.07) is 7.39. The van der Waals surface area contributed by atoms with Crippen LogP contribution in [0.3, 0.4) is 0 Å². The van der Waals surface area contributed by atoms with Gasteiger partial charge < -0.3 is 9.84 Å². The molecule has 1 heterocycles. The van der Waals surface area contributed by atoms with Crippen LogP contribution in [-0.4, -0.2) is 47.9 Å². The summed E-state index contributed by atoms with van der Waals surface area (Å²) in [5.74, 6) is -1.29. The molecule has 2 atom stereocenters. The largest absolute Gasteiger partial charge is 0.497 e. The van der Waals surface area contributed by atoms with Gasteiger partial charge in [0, 0.05) is 25.0 Å². The molecule has 1 aromatic rings. The van der Waals surface area contributed by atoms with E-state index in [2.05, 4.69) is 0 Å². The topological polar surface area (TPSA) is 49.8 Å². The first-order valence-corrected chi connectivity index (χ1v) is 7.35. The summed E-state index contributed by atoms with van der Waals surface area (Å²) in [7, 11) is 1.57. The van der Waals surface area contributed by atoms with Gasteiger partial charge in [-0.15, -0.1) is 0 Å². The summed E-state index contributed by atoms with van der Waals surface area (Å²) >= 11 is 0. The van der Waals surface area contributed by atoms with E-state index in [1.54, 1.807) is 31.4 Å². The molecule has 0 aromatic heterocycles. The van der Waals surface area contributed by atoms with Crippen LogP contribution >= 0.6 is 0 Å². The molecule has 1 saturated carbocycles. The SMILES string of the molecule is COc1ccc([C@@H]2CN(C3CCC3)C[C@@]2(F)C(=O)O)cc1. The highest BCUT2D eigenvalue weighted by molar-refractivity contribution is 5.80. The molecule has 5 heteroatoms. The number of alkyl halides is 1. The van der Waals surface area contributed by atoms with Crippen molar-refractivity contribution < 1.29 is 19.0 Å². The Morgan fingerprint density at radius 3 is 2.52 bits per heavy atom. The highest BCUT2D eigenvalue weighted by Crippen LogP contribution is 2.43. The molecule has 114 valence electrons. The van der Waals surface area contributed by atoms with Crippen LogP contribution in [0.4, 0.5) is 4.39 Å². The van der Waals surface area contributed by atoms with Gasteiger partial charge in [-0.05, 0) is 30.5 Å². The molecule has 0 radical (unpaired) electrons. The van der Waals surface area contributed by atoms with Crippen molar-refractivity contribution in [3.63, 3.8) is 0 Å². The second kappa shape index (κ2) is 5.30. The predicted molar refractivity (Wildman–Crippen MR) is 76.4 cm³/mol. The maximum absolute atomic E-state index is 15.1. The predicted octanol–water partition coefficient (Wildman–Crippen LogP) is 2.44. The molecule has 4 nitrogen and oxygen atoms in total. The maximum Gasteiger partial charge on any atom is 0.343 e. The first kappa shape index (κ1) is 14.3. The van der Waals surface area contributed by atoms with Crippen molar-refractivity contribution in [1.82, 2.24) is 4.90 Å². The smallest absolute Gasteiger partial charge is 0.343 e. The lowest BCUT2D eigenvalue weighted by atomic mass is 9.86. The van der Waals surface area contributed by atoms with Crippen LogP contribution in [0.1, 0.15) is 30.7 Å². The fraction of sp³-hybridized carbons (Fsp3) is 0.562. The number of hydrogen-bond donors (Lipinski definition) is 1. The number of carboxylic acid groups (broad SMARTS) is 1. The molecule has 21 heavy (non-hydrogen) atoms. The third-order valence-electron chi connectivity index (χ3n) is 4.87. The van der Waals surface area contributed by atoms with Gasteiger partial charge in [0.15, 0.2) is 0 Å². The second-order valence-corrected chi connectivity index (χ2v) is 6.01. The molecule has 1 aliphatic heterocycles. The summed E-state index contributed by atoms with van der Waals surface area (Å²) in [5, 5.41) is 9.37. The molecule has 1 saturated heterocycles. The molecule has 1 aliphatic carbocycles. The molecular formula is C16H20FNO3. The number of nitrogens with zero attached hydrogens (tertiary/aromatic N) is 1. The fourth-order valence-electron chi connectivity index (χ4n) is 3.30. The Balaban J connectivity index is 1.87. The normalized spacial score (nSPS) is 30.1. The van der Waals surface area contributed by atoms with Crippen molar-refractivity contribution in [3.8, 4) is 5.75 Å². The number of carbonyl (C=O) groups is 1. The lowest BCUT2D eigenvalue weighted by Gasteiger charge is -2.34. The van der Waals surface area contributed by atoms with E-state index in [0.717, 1.165) is 24.8 Å². The summed E-state index contributed by atoms with van der Waals surface area (Å²) < 4.78 is 20.2. The highest BCUT2D eigenvalue weighted by atomic mass is 19.1. The zero-order valence-electron chi connectivity index (χ0n) is 12.1. The van der Waals surface area contributed by atoms with Crippen LogP contribution in [0, 0.1) is 0 Å². The van der Waals surface area contributed by atoms with Crippen LogP contribution in [0.2, 0.25) is 0 Å². The van der Waals surface area contributed by atoms with E-state index in [0.29, 0.717) is 18.3 Å². The third kappa shape index (κ3) is 2.39. The molecule has 1 aromatic carbocycles. The average Bonchev–Trinajstić information content (AvgIpc) is 2.76. The Labute approximate surface area is 123 Å². The monoisotopic (exact) mass is 293 g/mol. The van der Waals surface area contributed by atoms with Gasteiger partial charge in [0.25, 0.3) is 0 Å². The number of likely N-dealkylation sites (tertiary alicyclic amines) is 1. The Bertz CT molecular complexity index is 529. The number of aliphatic carboxylic acids is 1. The van der Waals surface area contributed by atoms with Crippen molar-refractivity contribution in [2.45, 2.75) is 36.9 Å². The lowest BCUT2D eigenvalue weighted by molar-refractivity contribution is -0.151. The van der Waals surface area contributed by atoms with Crippen molar-refractivity contribution in [2.24, 2.45) is 0 Å². The molecule has 1 N–H and O–H groups in total. The van der Waals surface area contributed by atoms with Gasteiger partial charge in [0.05, 0.1) is 7.11 Å². The van der Waals surface area contributed by atoms with Crippen LogP contribution in [-0.2, 0) is 4.79 Å². The van der Waals surface area contributed by atoms with Gasteiger partial charge in [-0.1, -0.05) is 18.6 Å². The molecule has 0 spiro atoms. The summed E-state index contributed by atoms with van der Waals surface area (Å²) in [6.45, 7) is 0.462. The van der Waals surface area contributed by atoms with Crippen molar-refractivity contribution in [3.05, 3.63) is 29.8 Å². The summed E-state index contributed by atoms with van der Waals surface area (Å²) in [5.41, 5.74) is -1.48. The van der Waals surface area contributed by atoms with E-state index in [1.165, 1.54) is 0 Å². The first-order valence-electron chi connectivity index (χ1n) is 7.35. The van der Waals surface area contributed by atoms with E-state index in [4.69, 9.17) is 4.74 Å². The zero-order valence-corrected chi connectivity index (χ0v) is 12.1. The summed E-state index contributed by atoms with van der Waals surface area (Å²) in [4.78, 5) is 13.5. The maximum atomic E-state index is 15.1. The lowest BCUT2D eigenvalue weighted by Crippen LogP contribution is -2.44. The van der Waals surface area contributed by atoms with Gasteiger partial charge in [-0.25, -0.2) is 9.18 Å². The highest BCUT2D eigenvalue weighted by Gasteiger charge is 2.55. The fourth-order valence-corrected chi connectivity index (χ4v) is 3.30. The van der Waals surface area contributed by atoms with Crippen molar-refractivity contribution in [2.75, 3.05) is 20.2 Å². The molecule has 0 unspecified atom stereocenters. The number of rotatable bonds is 4. The van der Waals surface area contributed by atoms with E-state index in [9.17, 15) is 9.90 Å². The van der Waals surface area contributed by atoms with E-state index in [-0.39, 0.29) is 6.54 Å². The van der Waals surface area contributed by atoms with E-state index >= 15 is 4.39 Å². The molecule has 0 bridgehead atoms. The zero-order chi connectivity index (χ0) is 15.0. The Morgan fingerprint density at radius 1 is 1.38 bits per heavy atom. The van der Waals surface area contributed by atoms with Crippen LogP contribution in [0.5, 0.6) is 5.75 Å². The number of ether oxygens (including phenoxy) is 1. The Hall–Kier alpha value is -1.62. The van der Waals surface area contributed by atoms with Gasteiger partial charge >= 0.3 is 5.97 Å². The van der Waals surface area contributed by atoms with Crippen LogP contribution in [0.25, 0.3) is 0 Å². The molecular weight excluding hydrogens is 273 g/mol. The Kier molecular flexibility index (Phi) is 3.61. The third-order valence-corrected chi connectivity index (χ3v) is 4.87. The number of carboxylic acids is 1. The van der Waals surface area contributed by atoms with E-state index in [1.807, 2.05) is 4.90 Å². The average molecular weight is 293 g/mol.